The average Bonchev–Trinajstić information content (AvgIpc) is 2.61. The second-order valence-corrected chi connectivity index (χ2v) is 7.40. The predicted molar refractivity (Wildman–Crippen MR) is 69.5 cm³/mol. The SMILES string of the molecule is CCCS(=O)(=O)c1cc(C(=N)N)sc1SC. The van der Waals surface area contributed by atoms with E-state index in [1.54, 1.807) is 0 Å². The first-order valence-electron chi connectivity index (χ1n) is 4.67. The zero-order chi connectivity index (χ0) is 12.3. The Kier molecular flexibility index (Phi) is 4.40. The van der Waals surface area contributed by atoms with E-state index in [0.717, 1.165) is 0 Å². The van der Waals surface area contributed by atoms with Crippen molar-refractivity contribution in [2.75, 3.05) is 12.0 Å². The Morgan fingerprint density at radius 2 is 2.25 bits per heavy atom. The molecule has 7 heteroatoms. The number of nitrogens with two attached hydrogens (primary N) is 1. The summed E-state index contributed by atoms with van der Waals surface area (Å²) in [4.78, 5) is 0.830. The normalized spacial score (nSPS) is 11.6. The zero-order valence-corrected chi connectivity index (χ0v) is 11.6. The van der Waals surface area contributed by atoms with Gasteiger partial charge in [-0.1, -0.05) is 6.92 Å². The predicted octanol–water partition coefficient (Wildman–Crippen LogP) is 1.94. The van der Waals surface area contributed by atoms with Gasteiger partial charge in [0.15, 0.2) is 9.84 Å². The summed E-state index contributed by atoms with van der Waals surface area (Å²) in [6.45, 7) is 1.83. The zero-order valence-electron chi connectivity index (χ0n) is 9.11. The Bertz CT molecular complexity index is 491. The van der Waals surface area contributed by atoms with Crippen LogP contribution in [-0.2, 0) is 9.84 Å². The molecule has 0 aliphatic rings. The Morgan fingerprint density at radius 1 is 1.62 bits per heavy atom. The molecule has 0 radical (unpaired) electrons. The van der Waals surface area contributed by atoms with E-state index in [1.807, 2.05) is 13.2 Å². The van der Waals surface area contributed by atoms with Crippen LogP contribution in [0.1, 0.15) is 18.2 Å². The van der Waals surface area contributed by atoms with Gasteiger partial charge in [0.05, 0.1) is 19.7 Å². The third-order valence-corrected chi connectivity index (χ3v) is 6.42. The highest BCUT2D eigenvalue weighted by molar-refractivity contribution is 8.01. The van der Waals surface area contributed by atoms with Gasteiger partial charge in [0.25, 0.3) is 0 Å². The average molecular weight is 278 g/mol. The lowest BCUT2D eigenvalue weighted by atomic mass is 10.4. The molecule has 90 valence electrons. The lowest BCUT2D eigenvalue weighted by Gasteiger charge is -2.01. The number of amidine groups is 1. The Morgan fingerprint density at radius 3 is 2.69 bits per heavy atom. The smallest absolute Gasteiger partial charge is 0.180 e. The van der Waals surface area contributed by atoms with Gasteiger partial charge in [-0.25, -0.2) is 8.42 Å². The van der Waals surface area contributed by atoms with E-state index in [0.29, 0.717) is 20.4 Å². The van der Waals surface area contributed by atoms with Crippen molar-refractivity contribution >= 4 is 38.8 Å². The molecule has 1 aromatic heterocycles. The number of sulfone groups is 1. The van der Waals surface area contributed by atoms with Gasteiger partial charge in [-0.3, -0.25) is 5.41 Å². The van der Waals surface area contributed by atoms with E-state index >= 15 is 0 Å². The minimum atomic E-state index is -3.23. The highest BCUT2D eigenvalue weighted by Crippen LogP contribution is 2.34. The topological polar surface area (TPSA) is 84.0 Å². The molecule has 0 atom stereocenters. The van der Waals surface area contributed by atoms with Crippen LogP contribution in [0.25, 0.3) is 0 Å². The minimum Gasteiger partial charge on any atom is -0.383 e. The molecule has 1 heterocycles. The standard InChI is InChI=1S/C9H14N2O2S3/c1-3-4-16(12,13)7-5-6(8(10)11)15-9(7)14-2/h5H,3-4H2,1-2H3,(H3,10,11). The van der Waals surface area contributed by atoms with Crippen molar-refractivity contribution in [3.05, 3.63) is 10.9 Å². The first-order valence-corrected chi connectivity index (χ1v) is 8.36. The van der Waals surface area contributed by atoms with Crippen LogP contribution < -0.4 is 5.73 Å². The number of nitrogen functional groups attached to an aromatic ring is 1. The Hall–Kier alpha value is -0.530. The van der Waals surface area contributed by atoms with Gasteiger partial charge in [0.2, 0.25) is 0 Å². The highest BCUT2D eigenvalue weighted by atomic mass is 32.2. The maximum Gasteiger partial charge on any atom is 0.180 e. The summed E-state index contributed by atoms with van der Waals surface area (Å²) in [7, 11) is -3.23. The van der Waals surface area contributed by atoms with Crippen LogP contribution in [0.2, 0.25) is 0 Å². The quantitative estimate of drug-likeness (QED) is 0.490. The third kappa shape index (κ3) is 2.78. The summed E-state index contributed by atoms with van der Waals surface area (Å²) in [6.07, 6.45) is 2.40. The molecule has 0 bridgehead atoms. The van der Waals surface area contributed by atoms with Crippen LogP contribution in [0.15, 0.2) is 15.2 Å². The van der Waals surface area contributed by atoms with Crippen molar-refractivity contribution in [3.63, 3.8) is 0 Å². The lowest BCUT2D eigenvalue weighted by Crippen LogP contribution is -2.09. The van der Waals surface area contributed by atoms with E-state index in [4.69, 9.17) is 11.1 Å². The monoisotopic (exact) mass is 278 g/mol. The molecule has 1 aromatic rings. The molecule has 0 fully saturated rings. The molecule has 3 N–H and O–H groups in total. The number of thiophene rings is 1. The molecule has 16 heavy (non-hydrogen) atoms. The first kappa shape index (κ1) is 13.5. The molecule has 4 nitrogen and oxygen atoms in total. The van der Waals surface area contributed by atoms with E-state index in [-0.39, 0.29) is 11.6 Å². The molecule has 1 rings (SSSR count). The second-order valence-electron chi connectivity index (χ2n) is 3.20. The van der Waals surface area contributed by atoms with E-state index in [1.165, 1.54) is 29.2 Å². The molecular weight excluding hydrogens is 264 g/mol. The van der Waals surface area contributed by atoms with Crippen molar-refractivity contribution < 1.29 is 8.42 Å². The fourth-order valence-electron chi connectivity index (χ4n) is 1.23. The number of nitrogens with one attached hydrogen (secondary N) is 1. The van der Waals surface area contributed by atoms with Crippen molar-refractivity contribution in [1.82, 2.24) is 0 Å². The molecular formula is C9H14N2O2S3. The van der Waals surface area contributed by atoms with Crippen molar-refractivity contribution in [1.29, 1.82) is 5.41 Å². The Balaban J connectivity index is 3.27. The van der Waals surface area contributed by atoms with Gasteiger partial charge in [0, 0.05) is 0 Å². The fourth-order valence-corrected chi connectivity index (χ4v) is 5.26. The summed E-state index contributed by atoms with van der Waals surface area (Å²) in [5, 5.41) is 7.31. The number of rotatable bonds is 5. The summed E-state index contributed by atoms with van der Waals surface area (Å²) in [6, 6.07) is 1.50. The fraction of sp³-hybridized carbons (Fsp3) is 0.444. The van der Waals surface area contributed by atoms with Crippen molar-refractivity contribution in [2.45, 2.75) is 22.4 Å². The summed E-state index contributed by atoms with van der Waals surface area (Å²) in [5.41, 5.74) is 5.36. The van der Waals surface area contributed by atoms with Crippen LogP contribution in [0.3, 0.4) is 0 Å². The molecule has 0 aliphatic heterocycles. The van der Waals surface area contributed by atoms with E-state index in [9.17, 15) is 8.42 Å². The second kappa shape index (κ2) is 5.20. The lowest BCUT2D eigenvalue weighted by molar-refractivity contribution is 0.593. The van der Waals surface area contributed by atoms with E-state index in [2.05, 4.69) is 0 Å². The first-order chi connectivity index (χ1) is 7.42. The van der Waals surface area contributed by atoms with Gasteiger partial charge in [-0.2, -0.15) is 0 Å². The van der Waals surface area contributed by atoms with Crippen molar-refractivity contribution in [2.24, 2.45) is 5.73 Å². The largest absolute Gasteiger partial charge is 0.383 e. The molecule has 0 aliphatic carbocycles. The van der Waals surface area contributed by atoms with Gasteiger partial charge < -0.3 is 5.73 Å². The van der Waals surface area contributed by atoms with Crippen LogP contribution in [0.4, 0.5) is 0 Å². The van der Waals surface area contributed by atoms with Gasteiger partial charge in [0.1, 0.15) is 5.84 Å². The maximum atomic E-state index is 11.9. The van der Waals surface area contributed by atoms with Crippen LogP contribution in [0.5, 0.6) is 0 Å². The number of hydrogen-bond donors (Lipinski definition) is 2. The molecule has 0 saturated carbocycles. The highest BCUT2D eigenvalue weighted by Gasteiger charge is 2.21. The third-order valence-electron chi connectivity index (χ3n) is 1.92. The molecule has 0 spiro atoms. The summed E-state index contributed by atoms with van der Waals surface area (Å²) in [5.74, 6) is 0.0486. The van der Waals surface area contributed by atoms with Crippen LogP contribution in [-0.4, -0.2) is 26.3 Å². The summed E-state index contributed by atoms with van der Waals surface area (Å²) < 4.78 is 24.6. The summed E-state index contributed by atoms with van der Waals surface area (Å²) >= 11 is 2.63. The van der Waals surface area contributed by atoms with Crippen LogP contribution >= 0.6 is 23.1 Å². The van der Waals surface area contributed by atoms with E-state index < -0.39 is 9.84 Å². The van der Waals surface area contributed by atoms with Crippen molar-refractivity contribution in [3.8, 4) is 0 Å². The maximum absolute atomic E-state index is 11.9. The molecule has 0 saturated heterocycles. The van der Waals surface area contributed by atoms with Crippen LogP contribution in [0, 0.1) is 5.41 Å². The molecule has 0 aromatic carbocycles. The number of thioether (sulfide) groups is 1. The van der Waals surface area contributed by atoms with Gasteiger partial charge in [-0.05, 0) is 18.7 Å². The molecule has 0 unspecified atom stereocenters. The minimum absolute atomic E-state index is 0.0850. The molecule has 0 amide bonds. The number of hydrogen-bond acceptors (Lipinski definition) is 5. The van der Waals surface area contributed by atoms with Gasteiger partial charge in [-0.15, -0.1) is 23.1 Å². The Labute approximate surface area is 104 Å². The van der Waals surface area contributed by atoms with Gasteiger partial charge >= 0.3 is 0 Å².